The van der Waals surface area contributed by atoms with E-state index in [1.54, 1.807) is 0 Å². The second kappa shape index (κ2) is 6.08. The Labute approximate surface area is 146 Å². The SMILES string of the molecule is Oc1cc2c(cc1NCCC(F)(F)F)C[C@@H]1NCC[C@]23CCCC[C@H]13. The quantitative estimate of drug-likeness (QED) is 0.716. The Kier molecular flexibility index (Phi) is 4.13. The maximum Gasteiger partial charge on any atom is 0.390 e. The Bertz CT molecular complexity index is 657. The number of aromatic hydroxyl groups is 1. The number of phenolic OH excluding ortho intramolecular Hbond substituents is 1. The van der Waals surface area contributed by atoms with Crippen molar-refractivity contribution in [3.63, 3.8) is 0 Å². The molecular weight excluding hydrogens is 329 g/mol. The van der Waals surface area contributed by atoms with Crippen molar-refractivity contribution in [2.45, 2.75) is 62.6 Å². The van der Waals surface area contributed by atoms with Gasteiger partial charge in [0, 0.05) is 18.0 Å². The number of piperidine rings is 1. The Morgan fingerprint density at radius 2 is 2.08 bits per heavy atom. The van der Waals surface area contributed by atoms with E-state index in [0.717, 1.165) is 25.8 Å². The minimum Gasteiger partial charge on any atom is -0.506 e. The van der Waals surface area contributed by atoms with Gasteiger partial charge in [-0.15, -0.1) is 0 Å². The van der Waals surface area contributed by atoms with Gasteiger partial charge in [-0.25, -0.2) is 0 Å². The molecule has 1 saturated heterocycles. The van der Waals surface area contributed by atoms with Crippen LogP contribution in [0.1, 0.15) is 49.7 Å². The van der Waals surface area contributed by atoms with Gasteiger partial charge in [-0.05, 0) is 61.4 Å². The molecule has 0 aromatic heterocycles. The molecule has 0 radical (unpaired) electrons. The molecular formula is C19H25F3N2O. The van der Waals surface area contributed by atoms with E-state index in [1.165, 1.54) is 30.4 Å². The molecule has 25 heavy (non-hydrogen) atoms. The van der Waals surface area contributed by atoms with Crippen LogP contribution in [0, 0.1) is 5.92 Å². The Morgan fingerprint density at radius 1 is 1.24 bits per heavy atom. The minimum atomic E-state index is -4.19. The van der Waals surface area contributed by atoms with Gasteiger partial charge in [0.1, 0.15) is 5.75 Å². The number of hydrogen-bond donors (Lipinski definition) is 3. The number of halogens is 3. The maximum atomic E-state index is 12.4. The van der Waals surface area contributed by atoms with Gasteiger partial charge < -0.3 is 15.7 Å². The van der Waals surface area contributed by atoms with E-state index in [4.69, 9.17) is 0 Å². The average Bonchev–Trinajstić information content (AvgIpc) is 2.55. The molecule has 0 unspecified atom stereocenters. The lowest BCUT2D eigenvalue weighted by Gasteiger charge is -2.56. The number of benzene rings is 1. The summed E-state index contributed by atoms with van der Waals surface area (Å²) >= 11 is 0. The lowest BCUT2D eigenvalue weighted by molar-refractivity contribution is -0.131. The first-order chi connectivity index (χ1) is 11.9. The number of hydrogen-bond acceptors (Lipinski definition) is 3. The predicted molar refractivity (Wildman–Crippen MR) is 91.0 cm³/mol. The molecule has 3 aliphatic rings. The molecule has 3 atom stereocenters. The molecule has 2 aliphatic carbocycles. The first-order valence-electron chi connectivity index (χ1n) is 9.29. The molecule has 2 fully saturated rings. The summed E-state index contributed by atoms with van der Waals surface area (Å²) in [7, 11) is 0. The van der Waals surface area contributed by atoms with E-state index in [-0.39, 0.29) is 17.7 Å². The summed E-state index contributed by atoms with van der Waals surface area (Å²) in [5.41, 5.74) is 2.99. The van der Waals surface area contributed by atoms with E-state index in [1.807, 2.05) is 12.1 Å². The molecule has 0 amide bonds. The van der Waals surface area contributed by atoms with E-state index < -0.39 is 12.6 Å². The van der Waals surface area contributed by atoms with Crippen LogP contribution in [-0.2, 0) is 11.8 Å². The molecule has 3 nitrogen and oxygen atoms in total. The molecule has 138 valence electrons. The van der Waals surface area contributed by atoms with Crippen molar-refractivity contribution in [1.82, 2.24) is 5.32 Å². The standard InChI is InChI=1S/C19H25F3N2O/c20-19(21,22)6-8-24-16-10-12-9-15-13-3-1-2-4-18(13,5-7-23-15)14(12)11-17(16)25/h10-11,13,15,23-25H,1-9H2/t13-,15+,18+/m1/s1. The van der Waals surface area contributed by atoms with Crippen LogP contribution in [0.25, 0.3) is 0 Å². The molecule has 4 rings (SSSR count). The van der Waals surface area contributed by atoms with Crippen LogP contribution < -0.4 is 10.6 Å². The lowest BCUT2D eigenvalue weighted by atomic mass is 9.53. The topological polar surface area (TPSA) is 44.3 Å². The molecule has 1 aliphatic heterocycles. The fourth-order valence-electron chi connectivity index (χ4n) is 5.45. The Hall–Kier alpha value is -1.43. The van der Waals surface area contributed by atoms with Crippen LogP contribution in [0.3, 0.4) is 0 Å². The number of fused-ring (bicyclic) bond motifs is 1. The molecule has 1 heterocycles. The van der Waals surface area contributed by atoms with Crippen LogP contribution in [0.4, 0.5) is 18.9 Å². The molecule has 3 N–H and O–H groups in total. The van der Waals surface area contributed by atoms with Crippen LogP contribution in [0.2, 0.25) is 0 Å². The summed E-state index contributed by atoms with van der Waals surface area (Å²) in [6.07, 6.45) is 1.76. The van der Waals surface area contributed by atoms with Crippen molar-refractivity contribution in [2.75, 3.05) is 18.4 Å². The van der Waals surface area contributed by atoms with E-state index in [9.17, 15) is 18.3 Å². The summed E-state index contributed by atoms with van der Waals surface area (Å²) < 4.78 is 37.1. The van der Waals surface area contributed by atoms with Gasteiger partial charge in [-0.2, -0.15) is 13.2 Å². The van der Waals surface area contributed by atoms with Gasteiger partial charge in [0.25, 0.3) is 0 Å². The number of anilines is 1. The molecule has 0 spiro atoms. The van der Waals surface area contributed by atoms with Crippen molar-refractivity contribution >= 4 is 5.69 Å². The van der Waals surface area contributed by atoms with Gasteiger partial charge >= 0.3 is 6.18 Å². The monoisotopic (exact) mass is 354 g/mol. The number of alkyl halides is 3. The number of nitrogens with one attached hydrogen (secondary N) is 2. The summed E-state index contributed by atoms with van der Waals surface area (Å²) in [6, 6.07) is 4.17. The largest absolute Gasteiger partial charge is 0.506 e. The van der Waals surface area contributed by atoms with Gasteiger partial charge in [0.2, 0.25) is 0 Å². The molecule has 6 heteroatoms. The fraction of sp³-hybridized carbons (Fsp3) is 0.684. The number of rotatable bonds is 3. The molecule has 1 aromatic rings. The maximum absolute atomic E-state index is 12.4. The van der Waals surface area contributed by atoms with Crippen LogP contribution in [-0.4, -0.2) is 30.4 Å². The highest BCUT2D eigenvalue weighted by Gasteiger charge is 2.51. The van der Waals surface area contributed by atoms with Gasteiger partial charge in [0.05, 0.1) is 12.1 Å². The third-order valence-electron chi connectivity index (χ3n) is 6.48. The summed E-state index contributed by atoms with van der Waals surface area (Å²) in [4.78, 5) is 0. The highest BCUT2D eigenvalue weighted by atomic mass is 19.4. The van der Waals surface area contributed by atoms with Crippen LogP contribution in [0.5, 0.6) is 5.75 Å². The fourth-order valence-corrected chi connectivity index (χ4v) is 5.45. The molecule has 2 bridgehead atoms. The second-order valence-electron chi connectivity index (χ2n) is 7.84. The minimum absolute atomic E-state index is 0.0802. The van der Waals surface area contributed by atoms with Crippen molar-refractivity contribution in [3.05, 3.63) is 23.3 Å². The van der Waals surface area contributed by atoms with Crippen LogP contribution in [0.15, 0.2) is 12.1 Å². The van der Waals surface area contributed by atoms with Crippen LogP contribution >= 0.6 is 0 Å². The van der Waals surface area contributed by atoms with Crippen molar-refractivity contribution in [3.8, 4) is 5.75 Å². The van der Waals surface area contributed by atoms with E-state index >= 15 is 0 Å². The van der Waals surface area contributed by atoms with Crippen molar-refractivity contribution in [1.29, 1.82) is 0 Å². The molecule has 1 saturated carbocycles. The van der Waals surface area contributed by atoms with E-state index in [0.29, 0.717) is 17.6 Å². The first-order valence-corrected chi connectivity index (χ1v) is 9.29. The predicted octanol–water partition coefficient (Wildman–Crippen LogP) is 4.10. The van der Waals surface area contributed by atoms with Gasteiger partial charge in [0.15, 0.2) is 0 Å². The molecule has 1 aromatic carbocycles. The number of phenols is 1. The third kappa shape index (κ3) is 2.98. The highest BCUT2D eigenvalue weighted by molar-refractivity contribution is 5.62. The van der Waals surface area contributed by atoms with Gasteiger partial charge in [-0.3, -0.25) is 0 Å². The van der Waals surface area contributed by atoms with Gasteiger partial charge in [-0.1, -0.05) is 12.8 Å². The average molecular weight is 354 g/mol. The van der Waals surface area contributed by atoms with Crippen molar-refractivity contribution in [2.24, 2.45) is 5.92 Å². The third-order valence-corrected chi connectivity index (χ3v) is 6.48. The summed E-state index contributed by atoms with van der Waals surface area (Å²) in [6.45, 7) is 0.790. The lowest BCUT2D eigenvalue weighted by Crippen LogP contribution is -2.59. The normalized spacial score (nSPS) is 31.2. The highest BCUT2D eigenvalue weighted by Crippen LogP contribution is 2.55. The first kappa shape index (κ1) is 17.0. The Balaban J connectivity index is 1.64. The summed E-state index contributed by atoms with van der Waals surface area (Å²) in [5.74, 6) is 0.697. The van der Waals surface area contributed by atoms with Crippen molar-refractivity contribution < 1.29 is 18.3 Å². The van der Waals surface area contributed by atoms with E-state index in [2.05, 4.69) is 10.6 Å². The smallest absolute Gasteiger partial charge is 0.390 e. The zero-order valence-electron chi connectivity index (χ0n) is 14.3. The summed E-state index contributed by atoms with van der Waals surface area (Å²) in [5, 5.41) is 16.8. The zero-order valence-corrected chi connectivity index (χ0v) is 14.3. The zero-order chi connectivity index (χ0) is 17.7. The second-order valence-corrected chi connectivity index (χ2v) is 7.84. The Morgan fingerprint density at radius 3 is 2.88 bits per heavy atom.